The maximum absolute atomic E-state index is 11.6. The molecule has 0 heterocycles. The van der Waals surface area contributed by atoms with Crippen LogP contribution in [0.15, 0.2) is 18.2 Å². The molecule has 0 bridgehead atoms. The number of hydrogen-bond donors (Lipinski definition) is 1. The monoisotopic (exact) mass is 311 g/mol. The summed E-state index contributed by atoms with van der Waals surface area (Å²) in [6.07, 6.45) is 5.21. The highest BCUT2D eigenvalue weighted by Crippen LogP contribution is 2.36. The van der Waals surface area contributed by atoms with Crippen LogP contribution >= 0.6 is 11.6 Å². The summed E-state index contributed by atoms with van der Waals surface area (Å²) < 4.78 is 10.7. The number of benzene rings is 1. The molecule has 0 fully saturated rings. The summed E-state index contributed by atoms with van der Waals surface area (Å²) in [5, 5.41) is 3.27. The molecule has 0 aliphatic rings. The third-order valence-electron chi connectivity index (χ3n) is 2.80. The number of amides is 1. The van der Waals surface area contributed by atoms with Crippen molar-refractivity contribution >= 4 is 23.6 Å². The van der Waals surface area contributed by atoms with Crippen LogP contribution in [0.3, 0.4) is 0 Å². The van der Waals surface area contributed by atoms with Crippen molar-refractivity contribution in [3.8, 4) is 11.5 Å². The van der Waals surface area contributed by atoms with Gasteiger partial charge >= 0.3 is 0 Å². The Morgan fingerprint density at radius 3 is 2.76 bits per heavy atom. The first-order valence-electron chi connectivity index (χ1n) is 7.08. The summed E-state index contributed by atoms with van der Waals surface area (Å²) in [6, 6.07) is 3.53. The second-order valence-electron chi connectivity index (χ2n) is 4.45. The summed E-state index contributed by atoms with van der Waals surface area (Å²) >= 11 is 6.17. The molecule has 1 aromatic carbocycles. The van der Waals surface area contributed by atoms with E-state index in [1.165, 1.54) is 6.08 Å². The van der Waals surface area contributed by atoms with E-state index in [1.807, 2.05) is 6.92 Å². The molecule has 116 valence electrons. The number of nitrogens with one attached hydrogen (secondary N) is 1. The largest absolute Gasteiger partial charge is 0.493 e. The van der Waals surface area contributed by atoms with Gasteiger partial charge < -0.3 is 14.8 Å². The Kier molecular flexibility index (Phi) is 7.69. The van der Waals surface area contributed by atoms with E-state index in [4.69, 9.17) is 21.1 Å². The number of unbranched alkanes of at least 4 members (excludes halogenated alkanes) is 1. The zero-order valence-corrected chi connectivity index (χ0v) is 13.5. The lowest BCUT2D eigenvalue weighted by atomic mass is 10.2. The molecule has 0 aliphatic heterocycles. The van der Waals surface area contributed by atoms with Gasteiger partial charge in [0.15, 0.2) is 11.5 Å². The smallest absolute Gasteiger partial charge is 0.243 e. The first-order chi connectivity index (χ1) is 10.1. The van der Waals surface area contributed by atoms with Crippen LogP contribution in [-0.2, 0) is 4.79 Å². The molecule has 0 spiro atoms. The van der Waals surface area contributed by atoms with Crippen molar-refractivity contribution in [3.63, 3.8) is 0 Å². The molecule has 1 rings (SSSR count). The number of carbonyl (C=O) groups is 1. The molecule has 4 nitrogen and oxygen atoms in total. The van der Waals surface area contributed by atoms with E-state index in [2.05, 4.69) is 12.2 Å². The van der Waals surface area contributed by atoms with Gasteiger partial charge in [0.05, 0.1) is 18.7 Å². The van der Waals surface area contributed by atoms with Crippen LogP contribution in [-0.4, -0.2) is 26.2 Å². The number of hydrogen-bond acceptors (Lipinski definition) is 3. The van der Waals surface area contributed by atoms with Crippen LogP contribution in [0.4, 0.5) is 0 Å². The number of halogens is 1. The SMILES string of the molecule is CCCCNC(=O)/C=C/c1cc(Cl)c(OCC)c(OC)c1. The highest BCUT2D eigenvalue weighted by atomic mass is 35.5. The van der Waals surface area contributed by atoms with Crippen LogP contribution < -0.4 is 14.8 Å². The van der Waals surface area contributed by atoms with Crippen LogP contribution in [0.25, 0.3) is 6.08 Å². The van der Waals surface area contributed by atoms with Gasteiger partial charge in [0.1, 0.15) is 0 Å². The van der Waals surface area contributed by atoms with Crippen molar-refractivity contribution in [2.75, 3.05) is 20.3 Å². The Hall–Kier alpha value is -1.68. The fraction of sp³-hybridized carbons (Fsp3) is 0.438. The molecule has 0 aromatic heterocycles. The number of ether oxygens (including phenoxy) is 2. The van der Waals surface area contributed by atoms with Gasteiger partial charge in [0.2, 0.25) is 5.91 Å². The van der Waals surface area contributed by atoms with Gasteiger partial charge in [-0.15, -0.1) is 0 Å². The molecular formula is C16H22ClNO3. The van der Waals surface area contributed by atoms with Gasteiger partial charge in [-0.1, -0.05) is 24.9 Å². The fourth-order valence-corrected chi connectivity index (χ4v) is 2.01. The average molecular weight is 312 g/mol. The molecule has 0 radical (unpaired) electrons. The normalized spacial score (nSPS) is 10.7. The van der Waals surface area contributed by atoms with Crippen molar-refractivity contribution in [2.45, 2.75) is 26.7 Å². The van der Waals surface area contributed by atoms with Gasteiger partial charge in [0, 0.05) is 12.6 Å². The predicted molar refractivity (Wildman–Crippen MR) is 86.1 cm³/mol. The molecular weight excluding hydrogens is 290 g/mol. The molecule has 0 aliphatic carbocycles. The van der Waals surface area contributed by atoms with E-state index >= 15 is 0 Å². The van der Waals surface area contributed by atoms with Crippen LogP contribution in [0, 0.1) is 0 Å². The van der Waals surface area contributed by atoms with Gasteiger partial charge in [-0.05, 0) is 37.1 Å². The minimum absolute atomic E-state index is 0.118. The Morgan fingerprint density at radius 1 is 1.38 bits per heavy atom. The summed E-state index contributed by atoms with van der Waals surface area (Å²) in [4.78, 5) is 11.6. The number of methoxy groups -OCH3 is 1. The lowest BCUT2D eigenvalue weighted by molar-refractivity contribution is -0.116. The van der Waals surface area contributed by atoms with Crippen molar-refractivity contribution < 1.29 is 14.3 Å². The zero-order chi connectivity index (χ0) is 15.7. The molecule has 1 N–H and O–H groups in total. The molecule has 0 unspecified atom stereocenters. The molecule has 21 heavy (non-hydrogen) atoms. The number of carbonyl (C=O) groups excluding carboxylic acids is 1. The fourth-order valence-electron chi connectivity index (χ4n) is 1.74. The van der Waals surface area contributed by atoms with Gasteiger partial charge in [-0.2, -0.15) is 0 Å². The van der Waals surface area contributed by atoms with E-state index in [9.17, 15) is 4.79 Å². The van der Waals surface area contributed by atoms with Crippen LogP contribution in [0.1, 0.15) is 32.3 Å². The summed E-state index contributed by atoms with van der Waals surface area (Å²) in [5.41, 5.74) is 0.783. The lowest BCUT2D eigenvalue weighted by Crippen LogP contribution is -2.21. The van der Waals surface area contributed by atoms with E-state index in [0.29, 0.717) is 29.7 Å². The Morgan fingerprint density at radius 2 is 2.14 bits per heavy atom. The van der Waals surface area contributed by atoms with E-state index < -0.39 is 0 Å². The van der Waals surface area contributed by atoms with Crippen molar-refractivity contribution in [1.29, 1.82) is 0 Å². The molecule has 0 saturated heterocycles. The summed E-state index contributed by atoms with van der Waals surface area (Å²) in [7, 11) is 1.55. The number of rotatable bonds is 8. The minimum Gasteiger partial charge on any atom is -0.493 e. The van der Waals surface area contributed by atoms with Gasteiger partial charge in [-0.25, -0.2) is 0 Å². The molecule has 5 heteroatoms. The molecule has 0 atom stereocenters. The van der Waals surface area contributed by atoms with Crippen molar-refractivity contribution in [3.05, 3.63) is 28.8 Å². The molecule has 1 aromatic rings. The first-order valence-corrected chi connectivity index (χ1v) is 7.46. The van der Waals surface area contributed by atoms with E-state index in [0.717, 1.165) is 18.4 Å². The Labute approximate surface area is 131 Å². The highest BCUT2D eigenvalue weighted by molar-refractivity contribution is 6.32. The summed E-state index contributed by atoms with van der Waals surface area (Å²) in [5.74, 6) is 0.953. The van der Waals surface area contributed by atoms with Gasteiger partial charge in [0.25, 0.3) is 0 Å². The van der Waals surface area contributed by atoms with E-state index in [1.54, 1.807) is 25.3 Å². The average Bonchev–Trinajstić information content (AvgIpc) is 2.47. The third-order valence-corrected chi connectivity index (χ3v) is 3.08. The second-order valence-corrected chi connectivity index (χ2v) is 4.85. The maximum atomic E-state index is 11.6. The topological polar surface area (TPSA) is 47.6 Å². The Bertz CT molecular complexity index is 501. The highest BCUT2D eigenvalue weighted by Gasteiger charge is 2.10. The van der Waals surface area contributed by atoms with Crippen LogP contribution in [0.2, 0.25) is 5.02 Å². The molecule has 1 amide bonds. The van der Waals surface area contributed by atoms with Crippen LogP contribution in [0.5, 0.6) is 11.5 Å². The lowest BCUT2D eigenvalue weighted by Gasteiger charge is -2.11. The Balaban J connectivity index is 2.79. The quantitative estimate of drug-likeness (QED) is 0.588. The summed E-state index contributed by atoms with van der Waals surface area (Å²) in [6.45, 7) is 5.15. The standard InChI is InChI=1S/C16H22ClNO3/c1-4-6-9-18-15(19)8-7-12-10-13(17)16(21-5-2)14(11-12)20-3/h7-8,10-11H,4-6,9H2,1-3H3,(H,18,19)/b8-7+. The third kappa shape index (κ3) is 5.68. The van der Waals surface area contributed by atoms with Crippen molar-refractivity contribution in [2.24, 2.45) is 0 Å². The first kappa shape index (κ1) is 17.4. The van der Waals surface area contributed by atoms with Gasteiger partial charge in [-0.3, -0.25) is 4.79 Å². The zero-order valence-electron chi connectivity index (χ0n) is 12.7. The van der Waals surface area contributed by atoms with Crippen molar-refractivity contribution in [1.82, 2.24) is 5.32 Å². The molecule has 0 saturated carbocycles. The maximum Gasteiger partial charge on any atom is 0.243 e. The second kappa shape index (κ2) is 9.29. The van der Waals surface area contributed by atoms with E-state index in [-0.39, 0.29) is 5.91 Å². The predicted octanol–water partition coefficient (Wildman–Crippen LogP) is 3.68. The minimum atomic E-state index is -0.118.